The molecule has 0 aliphatic rings. The van der Waals surface area contributed by atoms with E-state index in [-0.39, 0.29) is 6.03 Å². The van der Waals surface area contributed by atoms with Gasteiger partial charge in [0.25, 0.3) is 0 Å². The van der Waals surface area contributed by atoms with Crippen LogP contribution >= 0.6 is 0 Å². The number of anilines is 1. The number of aryl methyl sites for hydroxylation is 2. The lowest BCUT2D eigenvalue weighted by Gasteiger charge is -2.09. The van der Waals surface area contributed by atoms with E-state index in [9.17, 15) is 4.79 Å². The molecule has 2 aromatic rings. The highest BCUT2D eigenvalue weighted by Gasteiger charge is 2.03. The van der Waals surface area contributed by atoms with Crippen LogP contribution in [0.5, 0.6) is 5.88 Å². The molecule has 0 fully saturated rings. The standard InChI is InChI=1S/C16H19N3O2/c1-11-6-12(2)8-14(7-11)19-16(20)18-10-13-4-5-15(21-3)17-9-13/h4-9H,10H2,1-3H3,(H2,18,19,20). The number of aromatic nitrogens is 1. The Kier molecular flexibility index (Phi) is 4.77. The number of pyridine rings is 1. The summed E-state index contributed by atoms with van der Waals surface area (Å²) in [6, 6.07) is 9.31. The summed E-state index contributed by atoms with van der Waals surface area (Å²) >= 11 is 0. The Morgan fingerprint density at radius 1 is 1.19 bits per heavy atom. The van der Waals surface area contributed by atoms with Crippen LogP contribution in [0.2, 0.25) is 0 Å². The topological polar surface area (TPSA) is 63.2 Å². The third kappa shape index (κ3) is 4.49. The summed E-state index contributed by atoms with van der Waals surface area (Å²) in [5.74, 6) is 0.554. The number of carbonyl (C=O) groups excluding carboxylic acids is 1. The van der Waals surface area contributed by atoms with Crippen molar-refractivity contribution >= 4 is 11.7 Å². The van der Waals surface area contributed by atoms with E-state index in [0.29, 0.717) is 12.4 Å². The summed E-state index contributed by atoms with van der Waals surface area (Å²) in [5, 5.41) is 5.61. The molecule has 0 saturated heterocycles. The van der Waals surface area contributed by atoms with Crippen LogP contribution in [-0.4, -0.2) is 18.1 Å². The van der Waals surface area contributed by atoms with Crippen molar-refractivity contribution in [3.8, 4) is 5.88 Å². The van der Waals surface area contributed by atoms with E-state index in [2.05, 4.69) is 21.7 Å². The van der Waals surface area contributed by atoms with E-state index in [0.717, 1.165) is 22.4 Å². The number of carbonyl (C=O) groups is 1. The van der Waals surface area contributed by atoms with Crippen LogP contribution < -0.4 is 15.4 Å². The first-order valence-electron chi connectivity index (χ1n) is 6.69. The zero-order valence-electron chi connectivity index (χ0n) is 12.4. The number of amides is 2. The Hall–Kier alpha value is -2.56. The molecular formula is C16H19N3O2. The fourth-order valence-corrected chi connectivity index (χ4v) is 2.04. The minimum atomic E-state index is -0.240. The van der Waals surface area contributed by atoms with Crippen molar-refractivity contribution in [3.63, 3.8) is 0 Å². The van der Waals surface area contributed by atoms with Crippen LogP contribution in [0.25, 0.3) is 0 Å². The lowest BCUT2D eigenvalue weighted by molar-refractivity contribution is 0.251. The van der Waals surface area contributed by atoms with Gasteiger partial charge in [0.05, 0.1) is 7.11 Å². The van der Waals surface area contributed by atoms with Crippen molar-refractivity contribution in [1.29, 1.82) is 0 Å². The van der Waals surface area contributed by atoms with Gasteiger partial charge in [-0.25, -0.2) is 9.78 Å². The maximum absolute atomic E-state index is 11.9. The van der Waals surface area contributed by atoms with Crippen molar-refractivity contribution in [2.24, 2.45) is 0 Å². The van der Waals surface area contributed by atoms with Crippen LogP contribution in [0.1, 0.15) is 16.7 Å². The Bertz CT molecular complexity index is 604. The molecule has 21 heavy (non-hydrogen) atoms. The predicted molar refractivity (Wildman–Crippen MR) is 82.6 cm³/mol. The van der Waals surface area contributed by atoms with E-state index < -0.39 is 0 Å². The quantitative estimate of drug-likeness (QED) is 0.907. The highest BCUT2D eigenvalue weighted by Crippen LogP contribution is 2.13. The predicted octanol–water partition coefficient (Wildman–Crippen LogP) is 3.03. The van der Waals surface area contributed by atoms with Gasteiger partial charge < -0.3 is 15.4 Å². The van der Waals surface area contributed by atoms with Crippen molar-refractivity contribution in [2.45, 2.75) is 20.4 Å². The van der Waals surface area contributed by atoms with Crippen LogP contribution in [0.15, 0.2) is 36.5 Å². The van der Waals surface area contributed by atoms with Crippen molar-refractivity contribution in [3.05, 3.63) is 53.2 Å². The lowest BCUT2D eigenvalue weighted by Crippen LogP contribution is -2.28. The monoisotopic (exact) mass is 285 g/mol. The summed E-state index contributed by atoms with van der Waals surface area (Å²) in [6.07, 6.45) is 1.68. The van der Waals surface area contributed by atoms with Crippen molar-refractivity contribution in [2.75, 3.05) is 12.4 Å². The van der Waals surface area contributed by atoms with Gasteiger partial charge in [0, 0.05) is 24.5 Å². The number of nitrogens with zero attached hydrogens (tertiary/aromatic N) is 1. The van der Waals surface area contributed by atoms with E-state index in [1.165, 1.54) is 0 Å². The van der Waals surface area contributed by atoms with Crippen molar-refractivity contribution in [1.82, 2.24) is 10.3 Å². The molecule has 5 heteroatoms. The number of hydrogen-bond donors (Lipinski definition) is 2. The molecule has 0 atom stereocenters. The molecule has 1 aromatic heterocycles. The second-order valence-corrected chi connectivity index (χ2v) is 4.89. The van der Waals surface area contributed by atoms with Gasteiger partial charge in [-0.1, -0.05) is 12.1 Å². The van der Waals surface area contributed by atoms with E-state index in [1.54, 1.807) is 19.4 Å². The number of nitrogens with one attached hydrogen (secondary N) is 2. The van der Waals surface area contributed by atoms with Gasteiger partial charge in [0.15, 0.2) is 0 Å². The highest BCUT2D eigenvalue weighted by molar-refractivity contribution is 5.89. The minimum absolute atomic E-state index is 0.240. The van der Waals surface area contributed by atoms with Crippen molar-refractivity contribution < 1.29 is 9.53 Å². The van der Waals surface area contributed by atoms with Crippen LogP contribution in [-0.2, 0) is 6.54 Å². The molecule has 0 spiro atoms. The first kappa shape index (κ1) is 14.8. The Labute approximate surface area is 124 Å². The fraction of sp³-hybridized carbons (Fsp3) is 0.250. The van der Waals surface area contributed by atoms with E-state index in [1.807, 2.05) is 32.0 Å². The largest absolute Gasteiger partial charge is 0.481 e. The zero-order valence-corrected chi connectivity index (χ0v) is 12.4. The van der Waals surface area contributed by atoms with Crippen LogP contribution in [0, 0.1) is 13.8 Å². The average molecular weight is 285 g/mol. The molecule has 2 amide bonds. The lowest BCUT2D eigenvalue weighted by atomic mass is 10.1. The average Bonchev–Trinajstić information content (AvgIpc) is 2.44. The van der Waals surface area contributed by atoms with Gasteiger partial charge in [0.1, 0.15) is 0 Å². The SMILES string of the molecule is COc1ccc(CNC(=O)Nc2cc(C)cc(C)c2)cn1. The minimum Gasteiger partial charge on any atom is -0.481 e. The second-order valence-electron chi connectivity index (χ2n) is 4.89. The third-order valence-electron chi connectivity index (χ3n) is 2.94. The maximum atomic E-state index is 11.9. The summed E-state index contributed by atoms with van der Waals surface area (Å²) in [4.78, 5) is 16.0. The molecule has 0 aliphatic heterocycles. The molecule has 0 unspecified atom stereocenters. The summed E-state index contributed by atoms with van der Waals surface area (Å²) < 4.78 is 4.99. The Morgan fingerprint density at radius 3 is 2.48 bits per heavy atom. The van der Waals surface area contributed by atoms with Gasteiger partial charge in [-0.15, -0.1) is 0 Å². The molecule has 1 heterocycles. The number of rotatable bonds is 4. The number of urea groups is 1. The smallest absolute Gasteiger partial charge is 0.319 e. The normalized spacial score (nSPS) is 10.0. The van der Waals surface area contributed by atoms with Gasteiger partial charge >= 0.3 is 6.03 Å². The number of ether oxygens (including phenoxy) is 1. The zero-order chi connectivity index (χ0) is 15.2. The molecule has 0 bridgehead atoms. The Balaban J connectivity index is 1.89. The van der Waals surface area contributed by atoms with E-state index >= 15 is 0 Å². The molecule has 1 aromatic carbocycles. The van der Waals surface area contributed by atoms with Gasteiger partial charge in [-0.3, -0.25) is 0 Å². The molecule has 2 N–H and O–H groups in total. The van der Waals surface area contributed by atoms with Crippen LogP contribution in [0.3, 0.4) is 0 Å². The number of benzene rings is 1. The molecule has 0 aliphatic carbocycles. The molecule has 2 rings (SSSR count). The number of methoxy groups -OCH3 is 1. The molecule has 5 nitrogen and oxygen atoms in total. The van der Waals surface area contributed by atoms with Gasteiger partial charge in [-0.05, 0) is 42.7 Å². The molecule has 0 saturated carbocycles. The van der Waals surface area contributed by atoms with Crippen LogP contribution in [0.4, 0.5) is 10.5 Å². The fourth-order valence-electron chi connectivity index (χ4n) is 2.04. The van der Waals surface area contributed by atoms with Gasteiger partial charge in [-0.2, -0.15) is 0 Å². The summed E-state index contributed by atoms with van der Waals surface area (Å²) in [7, 11) is 1.57. The second kappa shape index (κ2) is 6.74. The van der Waals surface area contributed by atoms with Gasteiger partial charge in [0.2, 0.25) is 5.88 Å². The van der Waals surface area contributed by atoms with E-state index in [4.69, 9.17) is 4.74 Å². The summed E-state index contributed by atoms with van der Waals surface area (Å²) in [5.41, 5.74) is 3.93. The Morgan fingerprint density at radius 2 is 1.90 bits per heavy atom. The number of hydrogen-bond acceptors (Lipinski definition) is 3. The molecular weight excluding hydrogens is 266 g/mol. The highest BCUT2D eigenvalue weighted by atomic mass is 16.5. The summed E-state index contributed by atoms with van der Waals surface area (Å²) in [6.45, 7) is 4.41. The third-order valence-corrected chi connectivity index (χ3v) is 2.94. The first-order chi connectivity index (χ1) is 10.1. The first-order valence-corrected chi connectivity index (χ1v) is 6.69. The molecule has 110 valence electrons. The maximum Gasteiger partial charge on any atom is 0.319 e. The molecule has 0 radical (unpaired) electrons.